The minimum Gasteiger partial charge on any atom is -0.405 e. The smallest absolute Gasteiger partial charge is 0.405 e. The number of aromatic nitrogens is 1. The average Bonchev–Trinajstić information content (AvgIpc) is 2.71. The first-order valence-electron chi connectivity index (χ1n) is 9.18. The molecule has 1 heterocycles. The number of nitrogens with one attached hydrogen (secondary N) is 1. The number of allylic oxidation sites excluding steroid dienone is 3. The minimum atomic E-state index is -4.91. The summed E-state index contributed by atoms with van der Waals surface area (Å²) in [5.41, 5.74) is 0.142. The van der Waals surface area contributed by atoms with Gasteiger partial charge in [0, 0.05) is 18.4 Å². The van der Waals surface area contributed by atoms with Crippen LogP contribution in [0.4, 0.5) is 17.6 Å². The van der Waals surface area contributed by atoms with Crippen LogP contribution in [0.15, 0.2) is 59.2 Å². The number of hydrogen-bond donors (Lipinski definition) is 1. The molecule has 1 aromatic carbocycles. The molecule has 2 aromatic rings. The van der Waals surface area contributed by atoms with E-state index in [2.05, 4.69) is 15.0 Å². The van der Waals surface area contributed by atoms with E-state index >= 15 is 0 Å². The van der Waals surface area contributed by atoms with Gasteiger partial charge in [0.15, 0.2) is 9.84 Å². The van der Waals surface area contributed by atoms with E-state index < -0.39 is 33.7 Å². The molecule has 1 N–H and O–H groups in total. The van der Waals surface area contributed by atoms with E-state index in [4.69, 9.17) is 0 Å². The second-order valence-electron chi connectivity index (χ2n) is 6.52. The van der Waals surface area contributed by atoms with Gasteiger partial charge in [0.05, 0.1) is 10.6 Å². The Bertz CT molecular complexity index is 1170. The van der Waals surface area contributed by atoms with E-state index in [1.165, 1.54) is 44.2 Å². The molecule has 0 aliphatic rings. The van der Waals surface area contributed by atoms with Crippen molar-refractivity contribution in [1.82, 2.24) is 10.3 Å². The summed E-state index contributed by atoms with van der Waals surface area (Å²) in [6.45, 7) is 2.62. The topological polar surface area (TPSA) is 85.4 Å². The fourth-order valence-corrected chi connectivity index (χ4v) is 3.75. The van der Waals surface area contributed by atoms with Crippen LogP contribution >= 0.6 is 0 Å². The Morgan fingerprint density at radius 2 is 1.78 bits per heavy atom. The predicted molar refractivity (Wildman–Crippen MR) is 109 cm³/mol. The van der Waals surface area contributed by atoms with Crippen molar-refractivity contribution in [3.8, 4) is 0 Å². The molecule has 2 rings (SSSR count). The molecule has 0 atom stereocenters. The molecule has 0 spiro atoms. The van der Waals surface area contributed by atoms with Crippen LogP contribution < -0.4 is 5.32 Å². The van der Waals surface area contributed by atoms with Gasteiger partial charge in [-0.3, -0.25) is 4.79 Å². The van der Waals surface area contributed by atoms with Crippen molar-refractivity contribution >= 4 is 21.3 Å². The highest BCUT2D eigenvalue weighted by Crippen LogP contribution is 2.29. The van der Waals surface area contributed by atoms with Gasteiger partial charge in [0.2, 0.25) is 0 Å². The lowest BCUT2D eigenvalue weighted by atomic mass is 10.1. The zero-order valence-electron chi connectivity index (χ0n) is 17.3. The Kier molecular flexibility index (Phi) is 7.78. The van der Waals surface area contributed by atoms with E-state index in [1.54, 1.807) is 0 Å². The molecule has 0 bridgehead atoms. The number of ether oxygens (including phenoxy) is 1. The number of amides is 1. The van der Waals surface area contributed by atoms with Crippen molar-refractivity contribution < 1.29 is 35.5 Å². The molecule has 32 heavy (non-hydrogen) atoms. The number of nitrogens with zero attached hydrogens (tertiary/aromatic N) is 1. The quantitative estimate of drug-likeness (QED) is 0.367. The lowest BCUT2D eigenvalue weighted by molar-refractivity contribution is -0.302. The van der Waals surface area contributed by atoms with Crippen LogP contribution in [0.1, 0.15) is 35.6 Å². The van der Waals surface area contributed by atoms with E-state index in [1.807, 2.05) is 0 Å². The van der Waals surface area contributed by atoms with Gasteiger partial charge in [0.1, 0.15) is 17.3 Å². The highest BCUT2D eigenvalue weighted by Gasteiger charge is 2.33. The minimum absolute atomic E-state index is 0.0253. The van der Waals surface area contributed by atoms with Gasteiger partial charge >= 0.3 is 6.36 Å². The molecule has 0 saturated carbocycles. The summed E-state index contributed by atoms with van der Waals surface area (Å²) in [6.07, 6.45) is -1.50. The van der Waals surface area contributed by atoms with Gasteiger partial charge in [-0.25, -0.2) is 17.8 Å². The monoisotopic (exact) mass is 472 g/mol. The highest BCUT2D eigenvalue weighted by molar-refractivity contribution is 7.90. The molecule has 1 amide bonds. The van der Waals surface area contributed by atoms with Crippen LogP contribution in [0.3, 0.4) is 0 Å². The van der Waals surface area contributed by atoms with Crippen LogP contribution in [0, 0.1) is 5.82 Å². The van der Waals surface area contributed by atoms with Gasteiger partial charge in [0.25, 0.3) is 5.91 Å². The normalized spacial score (nSPS) is 13.1. The summed E-state index contributed by atoms with van der Waals surface area (Å²) in [6, 6.07) is 7.34. The fourth-order valence-electron chi connectivity index (χ4n) is 2.81. The molecule has 0 unspecified atom stereocenters. The average molecular weight is 472 g/mol. The summed E-state index contributed by atoms with van der Waals surface area (Å²) in [4.78, 5) is 16.4. The SMILES string of the molecule is C/C=C(\C(=C/C)OC(F)(F)F)c1cccc(C(=O)NCc2ccc(F)cc2S(C)(=O)=O)n1. The third-order valence-electron chi connectivity index (χ3n) is 4.17. The zero-order chi connectivity index (χ0) is 24.1. The zero-order valence-corrected chi connectivity index (χ0v) is 18.1. The van der Waals surface area contributed by atoms with Crippen molar-refractivity contribution in [2.24, 2.45) is 0 Å². The van der Waals surface area contributed by atoms with E-state index in [9.17, 15) is 30.8 Å². The first kappa shape index (κ1) is 25.1. The maximum atomic E-state index is 13.4. The number of alkyl halides is 3. The van der Waals surface area contributed by atoms with Crippen molar-refractivity contribution in [1.29, 1.82) is 0 Å². The number of hydrogen-bond acceptors (Lipinski definition) is 5. The van der Waals surface area contributed by atoms with E-state index in [0.717, 1.165) is 24.5 Å². The van der Waals surface area contributed by atoms with Crippen molar-refractivity contribution in [2.75, 3.05) is 6.26 Å². The van der Waals surface area contributed by atoms with Gasteiger partial charge in [-0.05, 0) is 49.8 Å². The molecular formula is C21H20F4N2O4S. The molecule has 0 fully saturated rings. The van der Waals surface area contributed by atoms with Gasteiger partial charge < -0.3 is 10.1 Å². The second kappa shape index (κ2) is 9.94. The molecule has 11 heteroatoms. The Morgan fingerprint density at radius 3 is 2.34 bits per heavy atom. The molecule has 6 nitrogen and oxygen atoms in total. The maximum Gasteiger partial charge on any atom is 0.573 e. The first-order chi connectivity index (χ1) is 14.9. The molecule has 1 aromatic heterocycles. The summed E-state index contributed by atoms with van der Waals surface area (Å²) in [5, 5.41) is 2.48. The predicted octanol–water partition coefficient (Wildman–Crippen LogP) is 4.40. The third-order valence-corrected chi connectivity index (χ3v) is 5.35. The van der Waals surface area contributed by atoms with E-state index in [-0.39, 0.29) is 34.0 Å². The Labute approximate surface area is 182 Å². The Balaban J connectivity index is 2.27. The number of benzene rings is 1. The lowest BCUT2D eigenvalue weighted by Crippen LogP contribution is -2.25. The second-order valence-corrected chi connectivity index (χ2v) is 8.50. The van der Waals surface area contributed by atoms with Crippen LogP contribution in [0.5, 0.6) is 0 Å². The largest absolute Gasteiger partial charge is 0.573 e. The van der Waals surface area contributed by atoms with Gasteiger partial charge in [-0.2, -0.15) is 0 Å². The lowest BCUT2D eigenvalue weighted by Gasteiger charge is -2.15. The molecule has 172 valence electrons. The molecule has 0 radical (unpaired) electrons. The molecule has 0 saturated heterocycles. The number of sulfone groups is 1. The summed E-state index contributed by atoms with van der Waals surface area (Å²) in [7, 11) is -3.74. The van der Waals surface area contributed by atoms with Crippen LogP contribution in [0.25, 0.3) is 5.57 Å². The maximum absolute atomic E-state index is 13.4. The number of pyridine rings is 1. The number of rotatable bonds is 7. The van der Waals surface area contributed by atoms with Crippen molar-refractivity contribution in [3.05, 3.63) is 77.1 Å². The van der Waals surface area contributed by atoms with Crippen LogP contribution in [-0.2, 0) is 21.1 Å². The van der Waals surface area contributed by atoms with Crippen molar-refractivity contribution in [3.63, 3.8) is 0 Å². The first-order valence-corrected chi connectivity index (χ1v) is 11.1. The van der Waals surface area contributed by atoms with E-state index in [0.29, 0.717) is 0 Å². The van der Waals surface area contributed by atoms with Crippen molar-refractivity contribution in [2.45, 2.75) is 31.7 Å². The summed E-state index contributed by atoms with van der Waals surface area (Å²) >= 11 is 0. The van der Waals surface area contributed by atoms with Crippen LogP contribution in [-0.4, -0.2) is 31.9 Å². The summed E-state index contributed by atoms with van der Waals surface area (Å²) < 4.78 is 79.2. The van der Waals surface area contributed by atoms with Crippen LogP contribution in [0.2, 0.25) is 0 Å². The van der Waals surface area contributed by atoms with Gasteiger partial charge in [-0.1, -0.05) is 18.2 Å². The number of carbonyl (C=O) groups excluding carboxylic acids is 1. The third kappa shape index (κ3) is 6.64. The Morgan fingerprint density at radius 1 is 1.12 bits per heavy atom. The Hall–Kier alpha value is -3.21. The molecule has 0 aliphatic heterocycles. The number of carbonyl (C=O) groups is 1. The molecular weight excluding hydrogens is 452 g/mol. The van der Waals surface area contributed by atoms with Gasteiger partial charge in [-0.15, -0.1) is 13.2 Å². The highest BCUT2D eigenvalue weighted by atomic mass is 32.2. The standard InChI is InChI=1S/C21H20F4N2O4S/c1-4-15(18(5-2)31-21(23,24)25)16-7-6-8-17(27-16)20(28)26-12-13-9-10-14(22)11-19(13)32(3,29)30/h4-11H,12H2,1-3H3,(H,26,28)/b15-4-,18-5+. The number of halogens is 4. The molecule has 0 aliphatic carbocycles. The summed E-state index contributed by atoms with van der Waals surface area (Å²) in [5.74, 6) is -1.92. The fraction of sp³-hybridized carbons (Fsp3) is 0.238.